The van der Waals surface area contributed by atoms with E-state index in [0.29, 0.717) is 12.4 Å². The minimum absolute atomic E-state index is 0.255. The minimum Gasteiger partial charge on any atom is -0.324 e. The van der Waals surface area contributed by atoms with Gasteiger partial charge in [-0.15, -0.1) is 0 Å². The molecule has 0 saturated carbocycles. The van der Waals surface area contributed by atoms with Crippen LogP contribution >= 0.6 is 0 Å². The van der Waals surface area contributed by atoms with Crippen molar-refractivity contribution in [1.29, 1.82) is 0 Å². The number of fused-ring (bicyclic) bond motifs is 2. The quantitative estimate of drug-likeness (QED) is 0.779. The van der Waals surface area contributed by atoms with Crippen LogP contribution in [-0.2, 0) is 4.79 Å². The van der Waals surface area contributed by atoms with Gasteiger partial charge in [-0.05, 0) is 45.2 Å². The largest absolute Gasteiger partial charge is 0.352 e. The molecule has 2 heterocycles. The Morgan fingerprint density at radius 1 is 1.20 bits per heavy atom. The van der Waals surface area contributed by atoms with Gasteiger partial charge in [-0.25, -0.2) is 4.79 Å². The molecule has 0 radical (unpaired) electrons. The zero-order valence-corrected chi connectivity index (χ0v) is 15.3. The third-order valence-electron chi connectivity index (χ3n) is 4.63. The second kappa shape index (κ2) is 6.40. The number of likely N-dealkylation sites (N-methyl/N-ethyl adjacent to an activating group) is 1. The molecule has 3 amide bonds. The molecule has 7 heteroatoms. The first kappa shape index (κ1) is 17.3. The number of hydrogen-bond acceptors (Lipinski definition) is 5. The topological polar surface area (TPSA) is 68.6 Å². The number of nitrogens with zero attached hydrogens (tertiary/aromatic N) is 5. The summed E-state index contributed by atoms with van der Waals surface area (Å²) in [4.78, 5) is 38.4. The maximum atomic E-state index is 12.5. The van der Waals surface area contributed by atoms with Gasteiger partial charge in [0.05, 0.1) is 0 Å². The maximum Gasteiger partial charge on any atom is 0.352 e. The molecule has 3 aliphatic rings. The van der Waals surface area contributed by atoms with Gasteiger partial charge >= 0.3 is 6.03 Å². The van der Waals surface area contributed by atoms with Crippen molar-refractivity contribution in [3.63, 3.8) is 0 Å². The van der Waals surface area contributed by atoms with Crippen molar-refractivity contribution in [2.24, 2.45) is 9.98 Å². The van der Waals surface area contributed by atoms with Crippen molar-refractivity contribution in [2.75, 3.05) is 34.2 Å². The van der Waals surface area contributed by atoms with Gasteiger partial charge in [0.15, 0.2) is 11.5 Å². The highest BCUT2D eigenvalue weighted by Crippen LogP contribution is 2.28. The second-order valence-corrected chi connectivity index (χ2v) is 6.75. The standard InChI is InChI=1S/C18H23N5O2/c1-11-6-7-13-14(10-12(11)2)23(9-8-21(3)4)16-15(19-13)17(24)22(5)18(25)20-16/h6-7,10,13H,8-9H2,1-5H3. The molecule has 0 saturated heterocycles. The molecule has 0 N–H and O–H groups in total. The first-order valence-corrected chi connectivity index (χ1v) is 8.28. The van der Waals surface area contributed by atoms with E-state index in [0.717, 1.165) is 28.3 Å². The Hall–Kier alpha value is -2.54. The second-order valence-electron chi connectivity index (χ2n) is 6.75. The predicted molar refractivity (Wildman–Crippen MR) is 97.7 cm³/mol. The first-order chi connectivity index (χ1) is 11.8. The summed E-state index contributed by atoms with van der Waals surface area (Å²) >= 11 is 0. The van der Waals surface area contributed by atoms with Crippen molar-refractivity contribution < 1.29 is 9.59 Å². The van der Waals surface area contributed by atoms with Gasteiger partial charge in [-0.1, -0.05) is 12.2 Å². The predicted octanol–water partition coefficient (Wildman–Crippen LogP) is 1.45. The number of allylic oxidation sites excluding steroid dienone is 4. The Labute approximate surface area is 147 Å². The van der Waals surface area contributed by atoms with Crippen LogP contribution in [0.2, 0.25) is 0 Å². The van der Waals surface area contributed by atoms with Gasteiger partial charge in [-0.2, -0.15) is 4.99 Å². The lowest BCUT2D eigenvalue weighted by Crippen LogP contribution is -2.55. The van der Waals surface area contributed by atoms with E-state index in [1.54, 1.807) is 0 Å². The molecular formula is C18H23N5O2. The number of imide groups is 1. The average molecular weight is 341 g/mol. The number of hydrogen-bond donors (Lipinski definition) is 0. The molecule has 7 nitrogen and oxygen atoms in total. The van der Waals surface area contributed by atoms with Crippen LogP contribution in [-0.4, -0.2) is 78.5 Å². The normalized spacial score (nSPS) is 23.3. The van der Waals surface area contributed by atoms with Crippen molar-refractivity contribution in [3.05, 3.63) is 35.1 Å². The third-order valence-corrected chi connectivity index (χ3v) is 4.63. The fourth-order valence-electron chi connectivity index (χ4n) is 2.89. The highest BCUT2D eigenvalue weighted by Gasteiger charge is 2.40. The van der Waals surface area contributed by atoms with Gasteiger partial charge < -0.3 is 9.80 Å². The molecule has 0 aromatic carbocycles. The van der Waals surface area contributed by atoms with Crippen LogP contribution in [0.5, 0.6) is 0 Å². The summed E-state index contributed by atoms with van der Waals surface area (Å²) in [5.41, 5.74) is 3.48. The lowest BCUT2D eigenvalue weighted by atomic mass is 10.0. The van der Waals surface area contributed by atoms with Crippen molar-refractivity contribution >= 4 is 23.5 Å². The van der Waals surface area contributed by atoms with E-state index in [4.69, 9.17) is 0 Å². The van der Waals surface area contributed by atoms with E-state index < -0.39 is 11.9 Å². The maximum absolute atomic E-state index is 12.5. The van der Waals surface area contributed by atoms with Crippen LogP contribution < -0.4 is 0 Å². The number of carbonyl (C=O) groups excluding carboxylic acids is 2. The molecule has 0 bridgehead atoms. The Balaban J connectivity index is 2.14. The zero-order chi connectivity index (χ0) is 18.3. The molecule has 3 rings (SSSR count). The molecule has 25 heavy (non-hydrogen) atoms. The molecule has 132 valence electrons. The zero-order valence-electron chi connectivity index (χ0n) is 15.3. The summed E-state index contributed by atoms with van der Waals surface area (Å²) in [7, 11) is 5.40. The third kappa shape index (κ3) is 3.07. The van der Waals surface area contributed by atoms with E-state index in [1.807, 2.05) is 45.0 Å². The van der Waals surface area contributed by atoms with Crippen LogP contribution in [0.15, 0.2) is 45.1 Å². The number of carbonyl (C=O) groups is 2. The van der Waals surface area contributed by atoms with E-state index in [1.165, 1.54) is 7.05 Å². The molecule has 1 unspecified atom stereocenters. The van der Waals surface area contributed by atoms with E-state index in [9.17, 15) is 9.59 Å². The number of amidine groups is 1. The molecule has 0 fully saturated rings. The van der Waals surface area contributed by atoms with E-state index >= 15 is 0 Å². The van der Waals surface area contributed by atoms with Crippen LogP contribution in [0.25, 0.3) is 0 Å². The Morgan fingerprint density at radius 2 is 1.92 bits per heavy atom. The first-order valence-electron chi connectivity index (χ1n) is 8.28. The van der Waals surface area contributed by atoms with Gasteiger partial charge in [0, 0.05) is 25.8 Å². The lowest BCUT2D eigenvalue weighted by Gasteiger charge is -2.37. The summed E-state index contributed by atoms with van der Waals surface area (Å²) < 4.78 is 0. The SMILES string of the molecule is CC1=C(C)C=C2C(C=C1)N=C1C(=O)N(C)C(=O)N=C1N2CCN(C)C. The minimum atomic E-state index is -0.555. The molecular weight excluding hydrogens is 318 g/mol. The van der Waals surface area contributed by atoms with Gasteiger partial charge in [0.25, 0.3) is 5.91 Å². The van der Waals surface area contributed by atoms with Crippen molar-refractivity contribution in [1.82, 2.24) is 14.7 Å². The number of rotatable bonds is 3. The monoisotopic (exact) mass is 341 g/mol. The van der Waals surface area contributed by atoms with Gasteiger partial charge in [0.2, 0.25) is 0 Å². The Morgan fingerprint density at radius 3 is 2.60 bits per heavy atom. The van der Waals surface area contributed by atoms with E-state index in [-0.39, 0.29) is 11.8 Å². The van der Waals surface area contributed by atoms with Crippen LogP contribution in [0.3, 0.4) is 0 Å². The number of amides is 3. The molecule has 1 atom stereocenters. The molecule has 2 aliphatic heterocycles. The van der Waals surface area contributed by atoms with Crippen LogP contribution in [0.1, 0.15) is 13.8 Å². The fourth-order valence-corrected chi connectivity index (χ4v) is 2.89. The summed E-state index contributed by atoms with van der Waals surface area (Å²) in [6.07, 6.45) is 6.10. The highest BCUT2D eigenvalue weighted by atomic mass is 16.2. The molecule has 0 aromatic heterocycles. The Bertz CT molecular complexity index is 785. The van der Waals surface area contributed by atoms with E-state index in [2.05, 4.69) is 21.0 Å². The highest BCUT2D eigenvalue weighted by molar-refractivity contribution is 6.69. The van der Waals surface area contributed by atoms with Crippen LogP contribution in [0, 0.1) is 0 Å². The van der Waals surface area contributed by atoms with Gasteiger partial charge in [0.1, 0.15) is 6.04 Å². The molecule has 0 spiro atoms. The lowest BCUT2D eigenvalue weighted by molar-refractivity contribution is -0.120. The van der Waals surface area contributed by atoms with Gasteiger partial charge in [-0.3, -0.25) is 14.7 Å². The summed E-state index contributed by atoms with van der Waals surface area (Å²) in [6, 6.07) is -0.811. The van der Waals surface area contributed by atoms with Crippen LogP contribution in [0.4, 0.5) is 4.79 Å². The summed E-state index contributed by atoms with van der Waals surface area (Å²) in [5, 5.41) is 0. The smallest absolute Gasteiger partial charge is 0.324 e. The molecule has 1 aliphatic carbocycles. The fraction of sp³-hybridized carbons (Fsp3) is 0.444. The summed E-state index contributed by atoms with van der Waals surface area (Å²) in [6.45, 7) is 5.48. The van der Waals surface area contributed by atoms with Crippen molar-refractivity contribution in [3.8, 4) is 0 Å². The molecule has 0 aromatic rings. The Kier molecular flexibility index (Phi) is 4.43. The summed E-state index contributed by atoms with van der Waals surface area (Å²) in [5.74, 6) is -0.0406. The van der Waals surface area contributed by atoms with Crippen molar-refractivity contribution in [2.45, 2.75) is 19.9 Å². The average Bonchev–Trinajstić information content (AvgIpc) is 2.70. The number of urea groups is 1. The number of aliphatic imine (C=N–C) groups is 2.